The van der Waals surface area contributed by atoms with E-state index in [-0.39, 0.29) is 31.4 Å². The molecule has 4 nitrogen and oxygen atoms in total. The van der Waals surface area contributed by atoms with Crippen molar-refractivity contribution in [2.45, 2.75) is 117 Å². The first kappa shape index (κ1) is 26.3. The minimum atomic E-state index is -0.296. The second-order valence-electron chi connectivity index (χ2n) is 8.34. The second kappa shape index (κ2) is 18.0. The Bertz CT molecular complexity index is 580. The summed E-state index contributed by atoms with van der Waals surface area (Å²) in [7, 11) is 0. The average molecular weight is 419 g/mol. The molecule has 0 unspecified atom stereocenters. The zero-order valence-electron chi connectivity index (χ0n) is 19.4. The van der Waals surface area contributed by atoms with Crippen LogP contribution in [0.3, 0.4) is 0 Å². The number of rotatable bonds is 15. The average Bonchev–Trinajstić information content (AvgIpc) is 2.74. The molecule has 0 amide bonds. The van der Waals surface area contributed by atoms with Gasteiger partial charge in [-0.15, -0.1) is 0 Å². The van der Waals surface area contributed by atoms with Crippen molar-refractivity contribution in [2.75, 3.05) is 13.2 Å². The quantitative estimate of drug-likeness (QED) is 0.129. The molecule has 0 atom stereocenters. The maximum atomic E-state index is 11.8. The maximum Gasteiger partial charge on any atom is 0.306 e. The Balaban J connectivity index is 1.95. The van der Waals surface area contributed by atoms with E-state index >= 15 is 0 Å². The molecule has 0 heterocycles. The fourth-order valence-corrected chi connectivity index (χ4v) is 3.61. The predicted octanol–water partition coefficient (Wildman–Crippen LogP) is 6.67. The molecule has 1 aliphatic rings. The minimum Gasteiger partial charge on any atom is -0.461 e. The number of hydrogen-bond acceptors (Lipinski definition) is 4. The van der Waals surface area contributed by atoms with Gasteiger partial charge in [-0.25, -0.2) is 0 Å². The van der Waals surface area contributed by atoms with Crippen LogP contribution in [0, 0.1) is 11.8 Å². The summed E-state index contributed by atoms with van der Waals surface area (Å²) in [6, 6.07) is 0. The van der Waals surface area contributed by atoms with Crippen LogP contribution in [0.1, 0.15) is 117 Å². The minimum absolute atomic E-state index is 0.147. The fourth-order valence-electron chi connectivity index (χ4n) is 3.61. The maximum absolute atomic E-state index is 11.8. The van der Waals surface area contributed by atoms with Gasteiger partial charge in [0.15, 0.2) is 6.61 Å². The van der Waals surface area contributed by atoms with E-state index in [1.54, 1.807) is 0 Å². The summed E-state index contributed by atoms with van der Waals surface area (Å²) < 4.78 is 10.4. The molecule has 0 bridgehead atoms. The SMILES string of the molecule is CCCCCCCCCCC#CCOC(=O)CCCC(=O)OCC1=C(C)CCCC1. The van der Waals surface area contributed by atoms with Crippen LogP contribution in [-0.4, -0.2) is 25.2 Å². The molecular weight excluding hydrogens is 376 g/mol. The van der Waals surface area contributed by atoms with Gasteiger partial charge in [-0.3, -0.25) is 9.59 Å². The fraction of sp³-hybridized carbons (Fsp3) is 0.769. The predicted molar refractivity (Wildman–Crippen MR) is 122 cm³/mol. The number of carbonyl (C=O) groups is 2. The summed E-state index contributed by atoms with van der Waals surface area (Å²) in [4.78, 5) is 23.5. The van der Waals surface area contributed by atoms with Crippen LogP contribution < -0.4 is 0 Å². The Labute approximate surface area is 184 Å². The third-order valence-corrected chi connectivity index (χ3v) is 5.64. The van der Waals surface area contributed by atoms with Gasteiger partial charge in [-0.05, 0) is 51.0 Å². The van der Waals surface area contributed by atoms with Crippen molar-refractivity contribution in [1.29, 1.82) is 0 Å². The summed E-state index contributed by atoms with van der Waals surface area (Å²) in [5.74, 6) is 5.44. The lowest BCUT2D eigenvalue weighted by Crippen LogP contribution is -2.11. The number of esters is 2. The van der Waals surface area contributed by atoms with Crippen LogP contribution in [-0.2, 0) is 19.1 Å². The van der Waals surface area contributed by atoms with Crippen LogP contribution in [0.25, 0.3) is 0 Å². The monoisotopic (exact) mass is 418 g/mol. The molecule has 0 aliphatic heterocycles. The third kappa shape index (κ3) is 14.3. The zero-order valence-corrected chi connectivity index (χ0v) is 19.4. The van der Waals surface area contributed by atoms with Gasteiger partial charge in [-0.2, -0.15) is 0 Å². The van der Waals surface area contributed by atoms with Crippen LogP contribution in [0.15, 0.2) is 11.1 Å². The summed E-state index contributed by atoms with van der Waals surface area (Å²) in [5.41, 5.74) is 2.63. The molecule has 1 aliphatic carbocycles. The largest absolute Gasteiger partial charge is 0.461 e. The lowest BCUT2D eigenvalue weighted by Gasteiger charge is -2.17. The van der Waals surface area contributed by atoms with E-state index in [0.717, 1.165) is 25.7 Å². The van der Waals surface area contributed by atoms with Gasteiger partial charge in [-0.1, -0.05) is 69.3 Å². The number of hydrogen-bond donors (Lipinski definition) is 0. The van der Waals surface area contributed by atoms with Gasteiger partial charge in [0.1, 0.15) is 6.61 Å². The number of unbranched alkanes of at least 4 members (excludes halogenated alkanes) is 8. The number of ether oxygens (including phenoxy) is 2. The van der Waals surface area contributed by atoms with E-state index in [1.807, 2.05) is 0 Å². The van der Waals surface area contributed by atoms with E-state index in [9.17, 15) is 9.59 Å². The van der Waals surface area contributed by atoms with Gasteiger partial charge >= 0.3 is 11.9 Å². The van der Waals surface area contributed by atoms with E-state index in [0.29, 0.717) is 13.0 Å². The van der Waals surface area contributed by atoms with Crippen LogP contribution in [0.4, 0.5) is 0 Å². The molecule has 0 spiro atoms. The van der Waals surface area contributed by atoms with Crippen molar-refractivity contribution < 1.29 is 19.1 Å². The summed E-state index contributed by atoms with van der Waals surface area (Å²) in [5, 5.41) is 0. The molecule has 170 valence electrons. The molecular formula is C26H42O4. The topological polar surface area (TPSA) is 52.6 Å². The first-order valence-corrected chi connectivity index (χ1v) is 12.1. The van der Waals surface area contributed by atoms with E-state index < -0.39 is 0 Å². The van der Waals surface area contributed by atoms with Gasteiger partial charge in [0.05, 0.1) is 0 Å². The highest BCUT2D eigenvalue weighted by molar-refractivity contribution is 5.72. The Hall–Kier alpha value is -1.76. The molecule has 0 saturated carbocycles. The Morgan fingerprint density at radius 2 is 1.43 bits per heavy atom. The first-order chi connectivity index (χ1) is 14.6. The van der Waals surface area contributed by atoms with Crippen molar-refractivity contribution in [3.63, 3.8) is 0 Å². The third-order valence-electron chi connectivity index (χ3n) is 5.64. The summed E-state index contributed by atoms with van der Waals surface area (Å²) in [6.45, 7) is 4.92. The van der Waals surface area contributed by atoms with Crippen molar-refractivity contribution in [1.82, 2.24) is 0 Å². The first-order valence-electron chi connectivity index (χ1n) is 12.1. The van der Waals surface area contributed by atoms with Crippen LogP contribution in [0.5, 0.6) is 0 Å². The van der Waals surface area contributed by atoms with Crippen molar-refractivity contribution in [3.8, 4) is 11.8 Å². The van der Waals surface area contributed by atoms with Crippen molar-refractivity contribution in [3.05, 3.63) is 11.1 Å². The molecule has 1 rings (SSSR count). The second-order valence-corrected chi connectivity index (χ2v) is 8.34. The molecule has 0 fully saturated rings. The van der Waals surface area contributed by atoms with Gasteiger partial charge < -0.3 is 9.47 Å². The van der Waals surface area contributed by atoms with Crippen LogP contribution >= 0.6 is 0 Å². The highest BCUT2D eigenvalue weighted by atomic mass is 16.5. The van der Waals surface area contributed by atoms with E-state index in [4.69, 9.17) is 9.47 Å². The van der Waals surface area contributed by atoms with Crippen molar-refractivity contribution >= 4 is 11.9 Å². The van der Waals surface area contributed by atoms with Crippen molar-refractivity contribution in [2.24, 2.45) is 0 Å². The molecule has 0 aromatic heterocycles. The molecule has 0 aromatic rings. The normalized spacial score (nSPS) is 13.5. The Morgan fingerprint density at radius 3 is 2.13 bits per heavy atom. The summed E-state index contributed by atoms with van der Waals surface area (Å²) in [6.07, 6.45) is 16.7. The molecule has 0 aromatic carbocycles. The number of carbonyl (C=O) groups excluding carboxylic acids is 2. The molecule has 0 radical (unpaired) electrons. The molecule has 0 saturated heterocycles. The lowest BCUT2D eigenvalue weighted by atomic mass is 9.93. The lowest BCUT2D eigenvalue weighted by molar-refractivity contribution is -0.144. The zero-order chi connectivity index (χ0) is 21.9. The van der Waals surface area contributed by atoms with E-state index in [1.165, 1.54) is 68.9 Å². The number of allylic oxidation sites excluding steroid dienone is 1. The molecule has 30 heavy (non-hydrogen) atoms. The Morgan fingerprint density at radius 1 is 0.800 bits per heavy atom. The van der Waals surface area contributed by atoms with Gasteiger partial charge in [0.25, 0.3) is 0 Å². The van der Waals surface area contributed by atoms with Gasteiger partial charge in [0.2, 0.25) is 0 Å². The standard InChI is InChI=1S/C26H42O4/c1-3-4-5-6-7-8-9-10-11-12-15-21-29-25(27)19-16-20-26(28)30-22-24-18-14-13-17-23(24)2/h3-11,13-14,16-22H2,1-2H3. The smallest absolute Gasteiger partial charge is 0.306 e. The summed E-state index contributed by atoms with van der Waals surface area (Å²) >= 11 is 0. The van der Waals surface area contributed by atoms with Gasteiger partial charge in [0, 0.05) is 19.3 Å². The Kier molecular flexibility index (Phi) is 15.8. The highest BCUT2D eigenvalue weighted by Gasteiger charge is 2.12. The molecule has 4 heteroatoms. The van der Waals surface area contributed by atoms with Crippen LogP contribution in [0.2, 0.25) is 0 Å². The highest BCUT2D eigenvalue weighted by Crippen LogP contribution is 2.24. The van der Waals surface area contributed by atoms with E-state index in [2.05, 4.69) is 25.7 Å². The molecule has 0 N–H and O–H groups in total.